The monoisotopic (exact) mass is 194 g/mol. The van der Waals surface area contributed by atoms with E-state index in [2.05, 4.69) is 0 Å². The van der Waals surface area contributed by atoms with E-state index in [0.29, 0.717) is 13.2 Å². The average molecular weight is 194 g/mol. The van der Waals surface area contributed by atoms with E-state index >= 15 is 0 Å². The molecule has 1 fully saturated rings. The molecule has 3 nitrogen and oxygen atoms in total. The van der Waals surface area contributed by atoms with Crippen LogP contribution in [0.2, 0.25) is 0 Å². The number of ether oxygens (including phenoxy) is 2. The normalized spacial score (nSPS) is 27.5. The molecular formula is C11H14O3. The first-order chi connectivity index (χ1) is 6.79. The molecule has 1 aromatic carbocycles. The molecule has 0 radical (unpaired) electrons. The van der Waals surface area contributed by atoms with Crippen molar-refractivity contribution in [2.45, 2.75) is 19.1 Å². The molecular weight excluding hydrogens is 180 g/mol. The summed E-state index contributed by atoms with van der Waals surface area (Å²) in [6.07, 6.45) is -0.151. The van der Waals surface area contributed by atoms with Crippen molar-refractivity contribution in [3.63, 3.8) is 0 Å². The highest BCUT2D eigenvalue weighted by Gasteiger charge is 2.26. The van der Waals surface area contributed by atoms with Gasteiger partial charge >= 0.3 is 0 Å². The van der Waals surface area contributed by atoms with E-state index in [0.717, 1.165) is 5.56 Å². The van der Waals surface area contributed by atoms with Gasteiger partial charge in [-0.1, -0.05) is 18.2 Å². The van der Waals surface area contributed by atoms with Crippen LogP contribution in [0.3, 0.4) is 0 Å². The lowest BCUT2D eigenvalue weighted by molar-refractivity contribution is -0.135. The first-order valence-corrected chi connectivity index (χ1v) is 4.80. The molecule has 2 rings (SSSR count). The number of hydrogen-bond acceptors (Lipinski definition) is 3. The van der Waals surface area contributed by atoms with Crippen LogP contribution in [0.1, 0.15) is 18.6 Å². The molecule has 0 unspecified atom stereocenters. The Labute approximate surface area is 83.3 Å². The summed E-state index contributed by atoms with van der Waals surface area (Å²) in [6, 6.07) is 7.22. The zero-order valence-corrected chi connectivity index (χ0v) is 8.14. The Bertz CT molecular complexity index is 311. The lowest BCUT2D eigenvalue weighted by Crippen LogP contribution is -2.29. The molecule has 0 aliphatic carbocycles. The van der Waals surface area contributed by atoms with E-state index in [1.54, 1.807) is 12.1 Å². The summed E-state index contributed by atoms with van der Waals surface area (Å²) in [4.78, 5) is 0. The summed E-state index contributed by atoms with van der Waals surface area (Å²) in [5.41, 5.74) is 0.805. The Balaban J connectivity index is 2.25. The van der Waals surface area contributed by atoms with Crippen molar-refractivity contribution < 1.29 is 14.6 Å². The zero-order chi connectivity index (χ0) is 9.97. The number of phenols is 1. The molecule has 1 N–H and O–H groups in total. The molecule has 76 valence electrons. The van der Waals surface area contributed by atoms with Gasteiger partial charge in [0.1, 0.15) is 11.9 Å². The van der Waals surface area contributed by atoms with Crippen LogP contribution in [0.25, 0.3) is 0 Å². The molecule has 1 aliphatic rings. The minimum atomic E-state index is -0.148. The van der Waals surface area contributed by atoms with Gasteiger partial charge < -0.3 is 14.6 Å². The van der Waals surface area contributed by atoms with E-state index in [-0.39, 0.29) is 18.0 Å². The van der Waals surface area contributed by atoms with Crippen molar-refractivity contribution in [1.29, 1.82) is 0 Å². The highest BCUT2D eigenvalue weighted by molar-refractivity contribution is 5.34. The maximum absolute atomic E-state index is 9.64. The predicted molar refractivity (Wildman–Crippen MR) is 52.2 cm³/mol. The fourth-order valence-corrected chi connectivity index (χ4v) is 1.70. The van der Waals surface area contributed by atoms with Gasteiger partial charge in [0.25, 0.3) is 0 Å². The molecule has 1 aromatic rings. The molecule has 3 heteroatoms. The Morgan fingerprint density at radius 2 is 1.93 bits per heavy atom. The molecule has 0 amide bonds. The number of hydrogen-bond donors (Lipinski definition) is 1. The first kappa shape index (κ1) is 9.49. The molecule has 0 saturated carbocycles. The van der Waals surface area contributed by atoms with E-state index in [1.165, 1.54) is 0 Å². The third-order valence-corrected chi connectivity index (χ3v) is 2.43. The van der Waals surface area contributed by atoms with E-state index in [9.17, 15) is 5.11 Å². The summed E-state index contributed by atoms with van der Waals surface area (Å²) in [5, 5.41) is 9.64. The third kappa shape index (κ3) is 1.74. The van der Waals surface area contributed by atoms with Gasteiger partial charge in [-0.25, -0.2) is 0 Å². The van der Waals surface area contributed by atoms with Gasteiger partial charge in [0, 0.05) is 5.56 Å². The second-order valence-corrected chi connectivity index (χ2v) is 3.43. The maximum Gasteiger partial charge on any atom is 0.121 e. The molecule has 1 aliphatic heterocycles. The summed E-state index contributed by atoms with van der Waals surface area (Å²) in [6.45, 7) is 3.17. The number of rotatable bonds is 1. The van der Waals surface area contributed by atoms with Crippen molar-refractivity contribution in [2.75, 3.05) is 13.2 Å². The van der Waals surface area contributed by atoms with Gasteiger partial charge in [-0.3, -0.25) is 0 Å². The Morgan fingerprint density at radius 3 is 2.64 bits per heavy atom. The van der Waals surface area contributed by atoms with Gasteiger partial charge in [0.15, 0.2) is 0 Å². The highest BCUT2D eigenvalue weighted by atomic mass is 16.6. The highest BCUT2D eigenvalue weighted by Crippen LogP contribution is 2.31. The SMILES string of the molecule is C[C@H]1OCCO[C@H]1c1ccccc1O. The lowest BCUT2D eigenvalue weighted by Gasteiger charge is -2.30. The van der Waals surface area contributed by atoms with Crippen molar-refractivity contribution in [1.82, 2.24) is 0 Å². The molecule has 1 heterocycles. The van der Waals surface area contributed by atoms with Gasteiger partial charge in [-0.15, -0.1) is 0 Å². The summed E-state index contributed by atoms with van der Waals surface area (Å²) in [7, 11) is 0. The van der Waals surface area contributed by atoms with E-state index in [4.69, 9.17) is 9.47 Å². The van der Waals surface area contributed by atoms with E-state index < -0.39 is 0 Å². The molecule has 0 spiro atoms. The Morgan fingerprint density at radius 1 is 1.21 bits per heavy atom. The van der Waals surface area contributed by atoms with Gasteiger partial charge in [-0.2, -0.15) is 0 Å². The molecule has 0 bridgehead atoms. The third-order valence-electron chi connectivity index (χ3n) is 2.43. The van der Waals surface area contributed by atoms with Crippen molar-refractivity contribution in [2.24, 2.45) is 0 Å². The van der Waals surface area contributed by atoms with Crippen molar-refractivity contribution in [3.05, 3.63) is 29.8 Å². The molecule has 1 saturated heterocycles. The Hall–Kier alpha value is -1.06. The fourth-order valence-electron chi connectivity index (χ4n) is 1.70. The van der Waals surface area contributed by atoms with Crippen LogP contribution in [0, 0.1) is 0 Å². The molecule has 0 aromatic heterocycles. The van der Waals surface area contributed by atoms with Crippen molar-refractivity contribution in [3.8, 4) is 5.75 Å². The van der Waals surface area contributed by atoms with Crippen molar-refractivity contribution >= 4 is 0 Å². The predicted octanol–water partition coefficient (Wildman–Crippen LogP) is 1.87. The van der Waals surface area contributed by atoms with Gasteiger partial charge in [-0.05, 0) is 13.0 Å². The molecule has 2 atom stereocenters. The number of para-hydroxylation sites is 1. The largest absolute Gasteiger partial charge is 0.508 e. The van der Waals surface area contributed by atoms with E-state index in [1.807, 2.05) is 19.1 Å². The zero-order valence-electron chi connectivity index (χ0n) is 8.14. The van der Waals surface area contributed by atoms with Gasteiger partial charge in [0.05, 0.1) is 19.3 Å². The summed E-state index contributed by atoms with van der Waals surface area (Å²) >= 11 is 0. The topological polar surface area (TPSA) is 38.7 Å². The van der Waals surface area contributed by atoms with Crippen LogP contribution >= 0.6 is 0 Å². The molecule has 14 heavy (non-hydrogen) atoms. The Kier molecular flexibility index (Phi) is 2.70. The summed E-state index contributed by atoms with van der Waals surface area (Å²) in [5.74, 6) is 0.273. The number of aromatic hydroxyl groups is 1. The second-order valence-electron chi connectivity index (χ2n) is 3.43. The average Bonchev–Trinajstić information content (AvgIpc) is 2.20. The first-order valence-electron chi connectivity index (χ1n) is 4.80. The number of phenolic OH excluding ortho intramolecular Hbond substituents is 1. The van der Waals surface area contributed by atoms with Crippen LogP contribution in [-0.4, -0.2) is 24.4 Å². The lowest BCUT2D eigenvalue weighted by atomic mass is 10.0. The summed E-state index contributed by atoms with van der Waals surface area (Å²) < 4.78 is 11.0. The maximum atomic E-state index is 9.64. The van der Waals surface area contributed by atoms with Crippen LogP contribution in [0.5, 0.6) is 5.75 Å². The number of benzene rings is 1. The quantitative estimate of drug-likeness (QED) is 0.741. The minimum Gasteiger partial charge on any atom is -0.508 e. The standard InChI is InChI=1S/C11H14O3/c1-8-11(14-7-6-13-8)9-4-2-3-5-10(9)12/h2-5,8,11-12H,6-7H2,1H3/t8-,11-/m1/s1. The van der Waals surface area contributed by atoms with Crippen LogP contribution < -0.4 is 0 Å². The second kappa shape index (κ2) is 3.98. The smallest absolute Gasteiger partial charge is 0.121 e. The van der Waals surface area contributed by atoms with Gasteiger partial charge in [0.2, 0.25) is 0 Å². The van der Waals surface area contributed by atoms with Crippen LogP contribution in [0.15, 0.2) is 24.3 Å². The van der Waals surface area contributed by atoms with Crippen LogP contribution in [-0.2, 0) is 9.47 Å². The minimum absolute atomic E-state index is 0.00273. The fraction of sp³-hybridized carbons (Fsp3) is 0.455. The van der Waals surface area contributed by atoms with Crippen LogP contribution in [0.4, 0.5) is 0 Å².